The van der Waals surface area contributed by atoms with Crippen LogP contribution in [-0.2, 0) is 0 Å². The van der Waals surface area contributed by atoms with Crippen molar-refractivity contribution in [3.8, 4) is 45.6 Å². The van der Waals surface area contributed by atoms with Crippen molar-refractivity contribution in [3.05, 3.63) is 191 Å². The minimum absolute atomic E-state index is 0.0300. The second-order valence-electron chi connectivity index (χ2n) is 17.9. The van der Waals surface area contributed by atoms with E-state index in [2.05, 4.69) is 51.2 Å². The van der Waals surface area contributed by atoms with Crippen molar-refractivity contribution in [3.63, 3.8) is 0 Å². The third-order valence-electron chi connectivity index (χ3n) is 13.1. The maximum Gasteiger partial charge on any atom is 0.198 e. The summed E-state index contributed by atoms with van der Waals surface area (Å²) in [6.45, 7) is 0. The average Bonchev–Trinajstić information content (AvgIpc) is 4.27. The summed E-state index contributed by atoms with van der Waals surface area (Å²) in [6, 6.07) is 34.9. The SMILES string of the molecule is Fc1cc2c(c(F)c1F)-c1nc-2nc2[nH]c(nc3nc(nc4c5c(F)c(F)c(F)c(F)c5c(n1)n4F)-c1c(F)c(F)c(F)c(F)c1-3)c1c(Nc3ccccc3)c(Nc3ccccc3)c(Nc3ccccc3)c(Nc3ccccc3)c21. The lowest BCUT2D eigenvalue weighted by Gasteiger charge is -2.24. The summed E-state index contributed by atoms with van der Waals surface area (Å²) in [6.07, 6.45) is 0. The number of benzene rings is 8. The largest absolute Gasteiger partial charge is 0.353 e. The van der Waals surface area contributed by atoms with E-state index in [0.29, 0.717) is 28.8 Å². The van der Waals surface area contributed by atoms with Gasteiger partial charge in [-0.05, 0) is 54.6 Å². The summed E-state index contributed by atoms with van der Waals surface area (Å²) in [5.74, 6) is -29.1. The highest BCUT2D eigenvalue weighted by atomic mass is 19.2. The Balaban J connectivity index is 1.31. The van der Waals surface area contributed by atoms with Gasteiger partial charge in [0, 0.05) is 28.3 Å². The third kappa shape index (κ3) is 7.65. The third-order valence-corrected chi connectivity index (χ3v) is 13.1. The van der Waals surface area contributed by atoms with Crippen molar-refractivity contribution in [2.45, 2.75) is 0 Å². The monoisotopic (exact) mass is 1090 g/mol. The Bertz CT molecular complexity index is 4630. The lowest BCUT2D eigenvalue weighted by atomic mass is 10.0. The number of anilines is 8. The fourth-order valence-corrected chi connectivity index (χ4v) is 9.55. The fourth-order valence-electron chi connectivity index (χ4n) is 9.55. The number of H-pyrrole nitrogens is 1. The van der Waals surface area contributed by atoms with E-state index in [1.54, 1.807) is 121 Å². The van der Waals surface area contributed by atoms with Crippen molar-refractivity contribution in [1.82, 2.24) is 39.7 Å². The highest BCUT2D eigenvalue weighted by Gasteiger charge is 2.37. The Kier molecular flexibility index (Phi) is 11.4. The molecular weight excluding hydrogens is 1070 g/mol. The number of hydrogen-bond donors (Lipinski definition) is 5. The minimum atomic E-state index is -2.55. The topological polar surface area (TPSA) is 146 Å². The molecule has 0 saturated heterocycles. The summed E-state index contributed by atoms with van der Waals surface area (Å²) >= 11 is 0. The van der Waals surface area contributed by atoms with Crippen LogP contribution >= 0.6 is 0 Å². The van der Waals surface area contributed by atoms with E-state index < -0.39 is 142 Å². The van der Waals surface area contributed by atoms with Crippen LogP contribution in [0.4, 0.5) is 98.3 Å². The maximum absolute atomic E-state index is 17.1. The van der Waals surface area contributed by atoms with E-state index in [-0.39, 0.29) is 39.2 Å². The van der Waals surface area contributed by atoms with Crippen LogP contribution in [0.2, 0.25) is 0 Å². The van der Waals surface area contributed by atoms with Gasteiger partial charge in [-0.15, -0.1) is 4.79 Å². The molecule has 0 atom stereocenters. The molecule has 13 rings (SSSR count). The molecule has 5 N–H and O–H groups in total. The second kappa shape index (κ2) is 18.6. The lowest BCUT2D eigenvalue weighted by molar-refractivity contribution is 0.398. The maximum atomic E-state index is 17.1. The van der Waals surface area contributed by atoms with E-state index in [4.69, 9.17) is 4.98 Å². The first-order valence-corrected chi connectivity index (χ1v) is 23.6. The zero-order valence-corrected chi connectivity index (χ0v) is 39.8. The summed E-state index contributed by atoms with van der Waals surface area (Å²) in [5.41, 5.74) is -5.99. The van der Waals surface area contributed by atoms with Gasteiger partial charge < -0.3 is 26.3 Å². The Morgan fingerprint density at radius 1 is 0.325 bits per heavy atom. The normalized spacial score (nSPS) is 11.8. The number of para-hydroxylation sites is 4. The van der Waals surface area contributed by atoms with Gasteiger partial charge in [0.15, 0.2) is 98.6 Å². The average molecular weight is 1090 g/mol. The molecule has 80 heavy (non-hydrogen) atoms. The fraction of sp³-hybridized carbons (Fsp3) is 0. The van der Waals surface area contributed by atoms with Crippen LogP contribution in [0.1, 0.15) is 0 Å². The number of nitrogens with zero attached hydrogens (tertiary/aromatic N) is 7. The predicted molar refractivity (Wildman–Crippen MR) is 275 cm³/mol. The molecule has 2 aliphatic heterocycles. The Morgan fingerprint density at radius 3 is 1.09 bits per heavy atom. The second-order valence-corrected chi connectivity index (χ2v) is 17.9. The zero-order chi connectivity index (χ0) is 55.4. The van der Waals surface area contributed by atoms with Crippen molar-refractivity contribution < 1.29 is 52.8 Å². The number of aromatic amines is 1. The molecule has 0 saturated carbocycles. The molecule has 5 heterocycles. The Morgan fingerprint density at radius 2 is 0.662 bits per heavy atom. The molecule has 12 nitrogen and oxygen atoms in total. The van der Waals surface area contributed by atoms with Crippen molar-refractivity contribution >= 4 is 89.6 Å². The Labute approximate surface area is 439 Å². The molecule has 0 spiro atoms. The van der Waals surface area contributed by atoms with E-state index >= 15 is 52.8 Å². The molecule has 8 aromatic carbocycles. The minimum Gasteiger partial charge on any atom is -0.353 e. The standard InChI is InChI=1S/C56H26F12N12/c57-27-21-26-28(36(59)35(27)58)50-73-49(26)74-53-33-34(46(70-23-15-7-2-8-16-23)48(72-25-19-11-4-12-20-25)47(71-24-17-9-3-10-18-24)45(33)69-22-13-5-1-6-14-22)54(77-53)76-51-29-30(38(61)42(65)41(64)37(29)60)52(75-51)79-56-32-31(55(78-50)80(56)68)39(62)43(66)44(67)40(32)63/h1-21,69-72H,(H,73,74,75,76,77,78,79). The van der Waals surface area contributed by atoms with Crippen molar-refractivity contribution in [2.24, 2.45) is 0 Å². The van der Waals surface area contributed by atoms with Crippen molar-refractivity contribution in [1.29, 1.82) is 0 Å². The van der Waals surface area contributed by atoms with Crippen LogP contribution in [0.3, 0.4) is 0 Å². The van der Waals surface area contributed by atoms with Gasteiger partial charge in [0.1, 0.15) is 11.3 Å². The number of hydrogen-bond acceptors (Lipinski definition) is 10. The summed E-state index contributed by atoms with van der Waals surface area (Å²) in [7, 11) is 0. The molecule has 11 aromatic rings. The van der Waals surface area contributed by atoms with Gasteiger partial charge in [0.2, 0.25) is 0 Å². The molecule has 0 aliphatic carbocycles. The molecule has 0 unspecified atom stereocenters. The number of fused-ring (bicyclic) bond motifs is 20. The van der Waals surface area contributed by atoms with Crippen LogP contribution in [0.15, 0.2) is 127 Å². The number of aromatic nitrogens is 8. The van der Waals surface area contributed by atoms with E-state index in [1.165, 1.54) is 0 Å². The van der Waals surface area contributed by atoms with E-state index in [0.717, 1.165) is 0 Å². The molecule has 0 amide bonds. The van der Waals surface area contributed by atoms with E-state index in [9.17, 15) is 0 Å². The summed E-state index contributed by atoms with van der Waals surface area (Å²) < 4.78 is 191. The van der Waals surface area contributed by atoms with Gasteiger partial charge in [-0.25, -0.2) is 78.2 Å². The molecule has 24 heteroatoms. The molecule has 394 valence electrons. The quantitative estimate of drug-likeness (QED) is 0.0566. The van der Waals surface area contributed by atoms with Gasteiger partial charge in [-0.1, -0.05) is 77.3 Å². The lowest BCUT2D eigenvalue weighted by Crippen LogP contribution is -2.07. The molecule has 2 aliphatic rings. The van der Waals surface area contributed by atoms with Gasteiger partial charge >= 0.3 is 0 Å². The first kappa shape index (κ1) is 49.1. The van der Waals surface area contributed by atoms with Crippen LogP contribution in [0.25, 0.3) is 89.7 Å². The molecule has 8 bridgehead atoms. The van der Waals surface area contributed by atoms with Crippen LogP contribution in [0.5, 0.6) is 0 Å². The molecule has 3 aromatic heterocycles. The number of halogens is 12. The van der Waals surface area contributed by atoms with Gasteiger partial charge in [0.05, 0.1) is 61.0 Å². The first-order chi connectivity index (χ1) is 38.7. The number of rotatable bonds is 8. The molecule has 0 fully saturated rings. The van der Waals surface area contributed by atoms with Crippen LogP contribution < -0.4 is 21.3 Å². The van der Waals surface area contributed by atoms with Gasteiger partial charge in [-0.2, -0.15) is 0 Å². The zero-order valence-electron chi connectivity index (χ0n) is 39.8. The van der Waals surface area contributed by atoms with Crippen molar-refractivity contribution in [2.75, 3.05) is 21.3 Å². The molecule has 0 radical (unpaired) electrons. The van der Waals surface area contributed by atoms with Crippen LogP contribution in [0, 0.1) is 64.0 Å². The number of nitrogens with one attached hydrogen (secondary N) is 5. The Hall–Kier alpha value is -10.5. The first-order valence-electron chi connectivity index (χ1n) is 23.6. The van der Waals surface area contributed by atoms with Crippen LogP contribution in [-0.4, -0.2) is 39.7 Å². The highest BCUT2D eigenvalue weighted by Crippen LogP contribution is 2.53. The van der Waals surface area contributed by atoms with E-state index in [1.807, 2.05) is 0 Å². The van der Waals surface area contributed by atoms with Gasteiger partial charge in [0.25, 0.3) is 0 Å². The summed E-state index contributed by atoms with van der Waals surface area (Å²) in [4.78, 5) is 27.4. The highest BCUT2D eigenvalue weighted by molar-refractivity contribution is 6.26. The van der Waals surface area contributed by atoms with Gasteiger partial charge in [-0.3, -0.25) is 0 Å². The molecular formula is C56H26F12N12. The predicted octanol–water partition coefficient (Wildman–Crippen LogP) is 15.6. The summed E-state index contributed by atoms with van der Waals surface area (Å²) in [5, 5.41) is 10.5. The smallest absolute Gasteiger partial charge is 0.198 e.